The van der Waals surface area contributed by atoms with Gasteiger partial charge >= 0.3 is 6.09 Å². The van der Waals surface area contributed by atoms with E-state index in [1.807, 2.05) is 0 Å². The van der Waals surface area contributed by atoms with E-state index in [9.17, 15) is 41.7 Å². The molecule has 0 spiro atoms. The van der Waals surface area contributed by atoms with Crippen molar-refractivity contribution in [3.05, 3.63) is 47.3 Å². The van der Waals surface area contributed by atoms with Crippen LogP contribution in [0.4, 0.5) is 33.7 Å². The average molecular weight is 507 g/mol. The lowest BCUT2D eigenvalue weighted by Gasteiger charge is -2.33. The van der Waals surface area contributed by atoms with Gasteiger partial charge in [-0.25, -0.2) is 22.4 Å². The maximum atomic E-state index is 15.3. The Balaban J connectivity index is 1.94. The van der Waals surface area contributed by atoms with Crippen molar-refractivity contribution in [3.63, 3.8) is 0 Å². The van der Waals surface area contributed by atoms with Gasteiger partial charge in [-0.2, -0.15) is 0 Å². The van der Waals surface area contributed by atoms with Gasteiger partial charge in [-0.1, -0.05) is 0 Å². The van der Waals surface area contributed by atoms with Gasteiger partial charge in [0.25, 0.3) is 12.3 Å². The minimum Gasteiger partial charge on any atom is -0.755 e. The van der Waals surface area contributed by atoms with Crippen LogP contribution in [0.3, 0.4) is 0 Å². The van der Waals surface area contributed by atoms with Gasteiger partial charge in [0.15, 0.2) is 5.82 Å². The summed E-state index contributed by atoms with van der Waals surface area (Å²) in [4.78, 5) is 24.8. The number of nitrogens with one attached hydrogen (secondary N) is 1. The molecule has 1 aromatic heterocycles. The molecule has 1 aliphatic heterocycles. The molecular weight excluding hydrogens is 488 g/mol. The normalized spacial score (nSPS) is 18.9. The average Bonchev–Trinajstić information content (AvgIpc) is 3.30. The molecule has 34 heavy (non-hydrogen) atoms. The molecule has 0 radical (unpaired) electrons. The molecule has 1 aromatic carbocycles. The fourth-order valence-electron chi connectivity index (χ4n) is 3.80. The highest BCUT2D eigenvalue weighted by molar-refractivity contribution is 7.80. The first kappa shape index (κ1) is 25.5. The van der Waals surface area contributed by atoms with Crippen LogP contribution in [0.5, 0.6) is 0 Å². The van der Waals surface area contributed by atoms with Crippen molar-refractivity contribution in [1.29, 1.82) is 0 Å². The van der Waals surface area contributed by atoms with Crippen molar-refractivity contribution < 1.29 is 46.1 Å². The number of hydrogen-bond acceptors (Lipinski definition) is 5. The zero-order valence-corrected chi connectivity index (χ0v) is 18.3. The zero-order valence-electron chi connectivity index (χ0n) is 17.5. The quantitative estimate of drug-likeness (QED) is 0.388. The second-order valence-electron chi connectivity index (χ2n) is 7.52. The van der Waals surface area contributed by atoms with Crippen LogP contribution in [-0.2, 0) is 18.3 Å². The molecule has 2 heterocycles. The zero-order chi connectivity index (χ0) is 25.3. The largest absolute Gasteiger partial charge is 0.755 e. The van der Waals surface area contributed by atoms with E-state index in [2.05, 4.69) is 5.32 Å². The van der Waals surface area contributed by atoms with Crippen LogP contribution in [0, 0.1) is 17.6 Å². The van der Waals surface area contributed by atoms with Crippen LogP contribution in [-0.4, -0.2) is 66.2 Å². The Morgan fingerprint density at radius 1 is 1.32 bits per heavy atom. The molecule has 1 fully saturated rings. The fourth-order valence-corrected chi connectivity index (χ4v) is 4.55. The first-order valence-electron chi connectivity index (χ1n) is 9.67. The maximum Gasteiger partial charge on any atom is 0.407 e. The Morgan fingerprint density at radius 3 is 2.56 bits per heavy atom. The summed E-state index contributed by atoms with van der Waals surface area (Å²) in [7, 11) is 1.23. The number of halogens is 4. The van der Waals surface area contributed by atoms with Crippen molar-refractivity contribution in [2.75, 3.05) is 29.3 Å². The number of carboxylic acid groups (broad SMARTS) is 1. The third-order valence-corrected chi connectivity index (χ3v) is 6.20. The summed E-state index contributed by atoms with van der Waals surface area (Å²) in [6, 6.07) is 1.22. The van der Waals surface area contributed by atoms with Crippen molar-refractivity contribution in [3.8, 4) is 0 Å². The lowest BCUT2D eigenvalue weighted by atomic mass is 10.1. The van der Waals surface area contributed by atoms with Gasteiger partial charge < -0.3 is 29.5 Å². The van der Waals surface area contributed by atoms with Crippen molar-refractivity contribution >= 4 is 34.6 Å². The van der Waals surface area contributed by atoms with E-state index in [4.69, 9.17) is 0 Å². The predicted molar refractivity (Wildman–Crippen MR) is 110 cm³/mol. The third kappa shape index (κ3) is 4.85. The third-order valence-electron chi connectivity index (χ3n) is 5.42. The second-order valence-corrected chi connectivity index (χ2v) is 8.35. The molecule has 3 unspecified atom stereocenters. The molecule has 0 saturated carbocycles. The summed E-state index contributed by atoms with van der Waals surface area (Å²) >= 11 is -3.12. The molecule has 15 heteroatoms. The standard InChI is InChI=1S/C19H20F4N4O6S/c1-25-6-14(27(34(32)33)13-7-26(19(30)31)5-9(13)8-28)15(21)16(25)18(29)24-10-2-3-12(20)11(4-10)17(22)23/h2-4,6,9,13,17,28H,5,7-8H2,1H3,(H,24,29)(H,30,31)(H,32,33)/p-1. The summed E-state index contributed by atoms with van der Waals surface area (Å²) in [5.41, 5.74) is -2.47. The number of benzene rings is 1. The van der Waals surface area contributed by atoms with E-state index < -0.39 is 76.8 Å². The van der Waals surface area contributed by atoms with E-state index >= 15 is 4.39 Å². The molecular formula is C19H19F4N4O6S-. The van der Waals surface area contributed by atoms with Gasteiger partial charge in [0.1, 0.15) is 17.2 Å². The first-order valence-corrected chi connectivity index (χ1v) is 10.7. The molecule has 3 rings (SSSR count). The van der Waals surface area contributed by atoms with Gasteiger partial charge in [0.2, 0.25) is 0 Å². The predicted octanol–water partition coefficient (Wildman–Crippen LogP) is 2.06. The number of amides is 2. The van der Waals surface area contributed by atoms with Crippen molar-refractivity contribution in [2.24, 2.45) is 13.0 Å². The van der Waals surface area contributed by atoms with Gasteiger partial charge in [-0.05, 0) is 18.2 Å². The topological polar surface area (TPSA) is 138 Å². The summed E-state index contributed by atoms with van der Waals surface area (Å²) < 4.78 is 80.1. The van der Waals surface area contributed by atoms with Gasteiger partial charge in [-0.3, -0.25) is 13.3 Å². The summed E-state index contributed by atoms with van der Waals surface area (Å²) in [6.07, 6.45) is -3.53. The molecule has 0 aliphatic carbocycles. The number of likely N-dealkylation sites (tertiary alicyclic amines) is 1. The molecule has 3 N–H and O–H groups in total. The van der Waals surface area contributed by atoms with Crippen LogP contribution >= 0.6 is 0 Å². The van der Waals surface area contributed by atoms with E-state index in [1.165, 1.54) is 7.05 Å². The Bertz CT molecular complexity index is 1130. The van der Waals surface area contributed by atoms with Crippen LogP contribution in [0.2, 0.25) is 0 Å². The number of aryl methyl sites for hydroxylation is 1. The molecule has 2 amide bonds. The number of alkyl halides is 2. The van der Waals surface area contributed by atoms with E-state index in [1.54, 1.807) is 0 Å². The molecule has 10 nitrogen and oxygen atoms in total. The maximum absolute atomic E-state index is 15.3. The molecule has 3 atom stereocenters. The molecule has 2 aromatic rings. The number of anilines is 2. The number of rotatable bonds is 7. The number of carbonyl (C=O) groups is 2. The number of aliphatic hydroxyl groups excluding tert-OH is 1. The Hall–Kier alpha value is -3.17. The number of nitrogens with zero attached hydrogens (tertiary/aromatic N) is 3. The monoisotopic (exact) mass is 507 g/mol. The number of hydrogen-bond donors (Lipinski definition) is 3. The number of aliphatic hydroxyl groups is 1. The number of aromatic nitrogens is 1. The minimum atomic E-state index is -3.16. The second kappa shape index (κ2) is 9.99. The van der Waals surface area contributed by atoms with Crippen molar-refractivity contribution in [2.45, 2.75) is 12.5 Å². The van der Waals surface area contributed by atoms with Crippen molar-refractivity contribution in [1.82, 2.24) is 9.47 Å². The Kier molecular flexibility index (Phi) is 7.48. The molecule has 1 aliphatic rings. The lowest BCUT2D eigenvalue weighted by Crippen LogP contribution is -2.43. The van der Waals surface area contributed by atoms with E-state index in [0.29, 0.717) is 16.4 Å². The number of carbonyl (C=O) groups excluding carboxylic acids is 1. The molecule has 1 saturated heterocycles. The lowest BCUT2D eigenvalue weighted by molar-refractivity contribution is 0.101. The van der Waals surface area contributed by atoms with Crippen LogP contribution < -0.4 is 9.62 Å². The first-order chi connectivity index (χ1) is 16.0. The summed E-state index contributed by atoms with van der Waals surface area (Å²) in [5, 5.41) is 20.9. The highest BCUT2D eigenvalue weighted by Crippen LogP contribution is 2.33. The fraction of sp³-hybridized carbons (Fsp3) is 0.368. The highest BCUT2D eigenvalue weighted by Gasteiger charge is 2.41. The Labute approximate surface area is 192 Å². The van der Waals surface area contributed by atoms with Gasteiger partial charge in [0.05, 0.1) is 11.6 Å². The molecule has 0 bridgehead atoms. The highest BCUT2D eigenvalue weighted by atomic mass is 32.2. The smallest absolute Gasteiger partial charge is 0.407 e. The van der Waals surface area contributed by atoms with Crippen LogP contribution in [0.15, 0.2) is 24.4 Å². The Morgan fingerprint density at radius 2 is 2.00 bits per heavy atom. The van der Waals surface area contributed by atoms with Crippen LogP contribution in [0.25, 0.3) is 0 Å². The summed E-state index contributed by atoms with van der Waals surface area (Å²) in [6.45, 7) is -1.12. The van der Waals surface area contributed by atoms with E-state index in [0.717, 1.165) is 21.7 Å². The SMILES string of the molecule is Cn1cc(N(C2CN(C(=O)O)CC2CO)S(=O)[O-])c(F)c1C(=O)Nc1ccc(F)c(C(F)F)c1. The van der Waals surface area contributed by atoms with Gasteiger partial charge in [-0.15, -0.1) is 0 Å². The summed E-state index contributed by atoms with van der Waals surface area (Å²) in [5.74, 6) is -4.48. The minimum absolute atomic E-state index is 0.191. The molecule has 186 valence electrons. The van der Waals surface area contributed by atoms with E-state index in [-0.39, 0.29) is 18.8 Å². The van der Waals surface area contributed by atoms with Crippen LogP contribution in [0.1, 0.15) is 22.5 Å². The van der Waals surface area contributed by atoms with Gasteiger partial charge in [0, 0.05) is 55.8 Å².